The number of amides is 3. The number of aromatic amines is 1. The van der Waals surface area contributed by atoms with Crippen molar-refractivity contribution in [3.63, 3.8) is 0 Å². The fraction of sp³-hybridized carbons (Fsp3) is 0.480. The van der Waals surface area contributed by atoms with E-state index in [1.54, 1.807) is 20.0 Å². The summed E-state index contributed by atoms with van der Waals surface area (Å²) in [6, 6.07) is 2.31. The molecule has 2 aromatic rings. The van der Waals surface area contributed by atoms with Gasteiger partial charge in [0.05, 0.1) is 12.6 Å². The van der Waals surface area contributed by atoms with Crippen LogP contribution in [0.5, 0.6) is 0 Å². The molecule has 9 N–H and O–H groups in total. The van der Waals surface area contributed by atoms with Crippen molar-refractivity contribution in [2.45, 2.75) is 63.7 Å². The fourth-order valence-corrected chi connectivity index (χ4v) is 3.85. The van der Waals surface area contributed by atoms with E-state index in [1.807, 2.05) is 24.3 Å². The number of hydrogen-bond donors (Lipinski definition) is 8. The minimum Gasteiger partial charge on any atom is -0.481 e. The minimum absolute atomic E-state index is 0.152. The normalized spacial score (nSPS) is 15.1. The number of aromatic nitrogens is 1. The summed E-state index contributed by atoms with van der Waals surface area (Å²) < 4.78 is 0. The first-order valence-electron chi connectivity index (χ1n) is 12.3. The zero-order valence-corrected chi connectivity index (χ0v) is 21.3. The molecule has 13 nitrogen and oxygen atoms in total. The van der Waals surface area contributed by atoms with Crippen LogP contribution in [0.15, 0.2) is 30.5 Å². The number of aliphatic hydroxyl groups is 1. The Hall–Kier alpha value is -3.97. The van der Waals surface area contributed by atoms with Crippen molar-refractivity contribution in [3.05, 3.63) is 36.0 Å². The first-order chi connectivity index (χ1) is 18.0. The number of benzene rings is 1. The number of aliphatic hydroxyl groups excluding tert-OH is 1. The molecule has 0 saturated carbocycles. The largest absolute Gasteiger partial charge is 0.481 e. The van der Waals surface area contributed by atoms with Crippen molar-refractivity contribution < 1.29 is 39.3 Å². The van der Waals surface area contributed by atoms with Crippen molar-refractivity contribution in [2.75, 3.05) is 6.61 Å². The zero-order chi connectivity index (χ0) is 28.4. The second-order valence-corrected chi connectivity index (χ2v) is 9.12. The van der Waals surface area contributed by atoms with Gasteiger partial charge in [0, 0.05) is 23.5 Å². The lowest BCUT2D eigenvalue weighted by Crippen LogP contribution is -2.59. The van der Waals surface area contributed by atoms with E-state index in [1.165, 1.54) is 0 Å². The van der Waals surface area contributed by atoms with Crippen LogP contribution in [-0.4, -0.2) is 80.7 Å². The molecule has 2 rings (SSSR count). The van der Waals surface area contributed by atoms with Gasteiger partial charge in [0.25, 0.3) is 0 Å². The molecule has 0 aliphatic heterocycles. The Morgan fingerprint density at radius 3 is 2.24 bits per heavy atom. The van der Waals surface area contributed by atoms with Crippen molar-refractivity contribution in [1.29, 1.82) is 0 Å². The minimum atomic E-state index is -1.57. The maximum Gasteiger partial charge on any atom is 0.328 e. The Bertz CT molecular complexity index is 1150. The van der Waals surface area contributed by atoms with E-state index in [2.05, 4.69) is 20.9 Å². The highest BCUT2D eigenvalue weighted by atomic mass is 16.4. The highest BCUT2D eigenvalue weighted by Gasteiger charge is 2.33. The average molecular weight is 534 g/mol. The molecule has 0 radical (unpaired) electrons. The number of nitrogens with two attached hydrogens (primary N) is 1. The van der Waals surface area contributed by atoms with E-state index in [-0.39, 0.29) is 12.8 Å². The standard InChI is InChI=1S/C25H35N5O8/c1-3-13(2)21(24(36)29-19(12-31)25(37)38)30-23(35)18(8-9-20(32)33)28-22(34)16(26)10-14-11-27-17-7-5-4-6-15(14)17/h4-7,11,13,16,18-19,21,27,31H,3,8-10,12,26H2,1-2H3,(H,28,34)(H,29,36)(H,30,35)(H,32,33)(H,37,38). The smallest absolute Gasteiger partial charge is 0.328 e. The number of aliphatic carboxylic acids is 2. The van der Waals surface area contributed by atoms with Crippen molar-refractivity contribution in [2.24, 2.45) is 11.7 Å². The van der Waals surface area contributed by atoms with Gasteiger partial charge >= 0.3 is 11.9 Å². The molecule has 5 unspecified atom stereocenters. The van der Waals surface area contributed by atoms with E-state index < -0.39 is 72.8 Å². The summed E-state index contributed by atoms with van der Waals surface area (Å²) >= 11 is 0. The second kappa shape index (κ2) is 14.1. The van der Waals surface area contributed by atoms with E-state index in [0.29, 0.717) is 6.42 Å². The third-order valence-electron chi connectivity index (χ3n) is 6.32. The van der Waals surface area contributed by atoms with Crippen LogP contribution in [0, 0.1) is 5.92 Å². The summed E-state index contributed by atoms with van der Waals surface area (Å²) in [5.41, 5.74) is 7.77. The summed E-state index contributed by atoms with van der Waals surface area (Å²) in [5, 5.41) is 35.5. The predicted octanol–water partition coefficient (Wildman–Crippen LogP) is -0.520. The van der Waals surface area contributed by atoms with Crippen LogP contribution < -0.4 is 21.7 Å². The Morgan fingerprint density at radius 1 is 0.974 bits per heavy atom. The van der Waals surface area contributed by atoms with E-state index in [9.17, 15) is 29.1 Å². The van der Waals surface area contributed by atoms with E-state index in [0.717, 1.165) is 16.5 Å². The third kappa shape index (κ3) is 8.28. The summed E-state index contributed by atoms with van der Waals surface area (Å²) in [4.78, 5) is 64.2. The van der Waals surface area contributed by atoms with Gasteiger partial charge in [-0.2, -0.15) is 0 Å². The SMILES string of the molecule is CCC(C)C(NC(=O)C(CCC(=O)O)NC(=O)C(N)Cc1c[nH]c2ccccc12)C(=O)NC(CO)C(=O)O. The summed E-state index contributed by atoms with van der Waals surface area (Å²) in [5.74, 6) is -5.44. The Labute approximate surface area is 219 Å². The molecular weight excluding hydrogens is 498 g/mol. The van der Waals surface area contributed by atoms with Crippen LogP contribution in [0.25, 0.3) is 10.9 Å². The molecule has 13 heteroatoms. The molecule has 0 aliphatic rings. The number of carbonyl (C=O) groups excluding carboxylic acids is 3. The molecule has 0 bridgehead atoms. The Morgan fingerprint density at radius 2 is 1.63 bits per heavy atom. The summed E-state index contributed by atoms with van der Waals surface area (Å²) in [6.45, 7) is 2.56. The average Bonchev–Trinajstić information content (AvgIpc) is 3.29. The first-order valence-corrected chi connectivity index (χ1v) is 12.3. The number of carboxylic acids is 2. The fourth-order valence-electron chi connectivity index (χ4n) is 3.85. The molecule has 0 saturated heterocycles. The van der Waals surface area contributed by atoms with Gasteiger partial charge in [-0.1, -0.05) is 38.5 Å². The predicted molar refractivity (Wildman–Crippen MR) is 137 cm³/mol. The van der Waals surface area contributed by atoms with Crippen LogP contribution in [0.3, 0.4) is 0 Å². The molecule has 208 valence electrons. The molecule has 0 fully saturated rings. The quantitative estimate of drug-likeness (QED) is 0.147. The number of nitrogens with one attached hydrogen (secondary N) is 4. The maximum atomic E-state index is 13.1. The van der Waals surface area contributed by atoms with E-state index in [4.69, 9.17) is 15.9 Å². The van der Waals surface area contributed by atoms with Crippen LogP contribution in [0.2, 0.25) is 0 Å². The number of rotatable bonds is 15. The van der Waals surface area contributed by atoms with Gasteiger partial charge in [-0.25, -0.2) is 4.79 Å². The lowest BCUT2D eigenvalue weighted by molar-refractivity contribution is -0.143. The molecule has 0 spiro atoms. The molecule has 1 aromatic heterocycles. The Balaban J connectivity index is 2.16. The zero-order valence-electron chi connectivity index (χ0n) is 21.3. The molecule has 5 atom stereocenters. The monoisotopic (exact) mass is 533 g/mol. The summed E-state index contributed by atoms with van der Waals surface area (Å²) in [7, 11) is 0. The van der Waals surface area contributed by atoms with E-state index >= 15 is 0 Å². The summed E-state index contributed by atoms with van der Waals surface area (Å²) in [6.07, 6.45) is 1.60. The Kier molecular flexibility index (Phi) is 11.2. The topological polar surface area (TPSA) is 224 Å². The number of para-hydroxylation sites is 1. The maximum absolute atomic E-state index is 13.1. The lowest BCUT2D eigenvalue weighted by atomic mass is 9.97. The van der Waals surface area contributed by atoms with Gasteiger partial charge < -0.3 is 42.0 Å². The highest BCUT2D eigenvalue weighted by Crippen LogP contribution is 2.19. The van der Waals surface area contributed by atoms with Crippen LogP contribution >= 0.6 is 0 Å². The molecular formula is C25H35N5O8. The number of hydrogen-bond acceptors (Lipinski definition) is 7. The van der Waals surface area contributed by atoms with Crippen molar-refractivity contribution in [3.8, 4) is 0 Å². The van der Waals surface area contributed by atoms with Crippen LogP contribution in [0.1, 0.15) is 38.7 Å². The second-order valence-electron chi connectivity index (χ2n) is 9.12. The molecule has 1 heterocycles. The molecule has 0 aliphatic carbocycles. The van der Waals surface area contributed by atoms with Crippen LogP contribution in [-0.2, 0) is 30.4 Å². The van der Waals surface area contributed by atoms with Crippen molar-refractivity contribution in [1.82, 2.24) is 20.9 Å². The van der Waals surface area contributed by atoms with Crippen molar-refractivity contribution >= 4 is 40.6 Å². The number of carbonyl (C=O) groups is 5. The van der Waals surface area contributed by atoms with Gasteiger partial charge in [-0.15, -0.1) is 0 Å². The molecule has 1 aromatic carbocycles. The number of H-pyrrole nitrogens is 1. The van der Waals surface area contributed by atoms with Gasteiger partial charge in [-0.3, -0.25) is 19.2 Å². The lowest BCUT2D eigenvalue weighted by Gasteiger charge is -2.27. The third-order valence-corrected chi connectivity index (χ3v) is 6.32. The van der Waals surface area contributed by atoms with Gasteiger partial charge in [-0.05, 0) is 30.4 Å². The molecule has 3 amide bonds. The van der Waals surface area contributed by atoms with Gasteiger partial charge in [0.15, 0.2) is 0 Å². The number of carboxylic acid groups (broad SMARTS) is 2. The molecule has 38 heavy (non-hydrogen) atoms. The van der Waals surface area contributed by atoms with Gasteiger partial charge in [0.2, 0.25) is 17.7 Å². The van der Waals surface area contributed by atoms with Gasteiger partial charge in [0.1, 0.15) is 18.1 Å². The van der Waals surface area contributed by atoms with Crippen LogP contribution in [0.4, 0.5) is 0 Å². The first kappa shape index (κ1) is 30.3. The number of fused-ring (bicyclic) bond motifs is 1. The highest BCUT2D eigenvalue weighted by molar-refractivity contribution is 5.94.